The highest BCUT2D eigenvalue weighted by Crippen LogP contribution is 2.24. The van der Waals surface area contributed by atoms with Gasteiger partial charge >= 0.3 is 0 Å². The first-order chi connectivity index (χ1) is 6.99. The summed E-state index contributed by atoms with van der Waals surface area (Å²) in [5.74, 6) is 0. The Morgan fingerprint density at radius 2 is 2.07 bits per heavy atom. The number of rotatable bonds is 3. The second kappa shape index (κ2) is 3.88. The van der Waals surface area contributed by atoms with Crippen LogP contribution in [0.15, 0.2) is 27.6 Å². The van der Waals surface area contributed by atoms with E-state index in [2.05, 4.69) is 20.7 Å². The number of halogens is 1. The standard InChI is InChI=1S/C10H12BrNO2S/c1-7-6-8(11)2-5-10(7)15(13,14)12-9-3-4-9/h2,5-6,9,12H,3-4H2,1H3. The van der Waals surface area contributed by atoms with Gasteiger partial charge in [-0.1, -0.05) is 15.9 Å². The SMILES string of the molecule is Cc1cc(Br)ccc1S(=O)(=O)NC1CC1. The smallest absolute Gasteiger partial charge is 0.208 e. The molecule has 1 N–H and O–H groups in total. The van der Waals surface area contributed by atoms with Crippen molar-refractivity contribution < 1.29 is 8.42 Å². The molecule has 0 spiro atoms. The minimum Gasteiger partial charge on any atom is -0.208 e. The van der Waals surface area contributed by atoms with E-state index in [1.807, 2.05) is 6.07 Å². The average Bonchev–Trinajstić information content (AvgIpc) is 2.86. The summed E-state index contributed by atoms with van der Waals surface area (Å²) >= 11 is 3.31. The zero-order valence-electron chi connectivity index (χ0n) is 8.33. The first kappa shape index (κ1) is 11.1. The lowest BCUT2D eigenvalue weighted by Gasteiger charge is -2.08. The molecular formula is C10H12BrNO2S. The van der Waals surface area contributed by atoms with E-state index >= 15 is 0 Å². The van der Waals surface area contributed by atoms with Crippen LogP contribution in [0.1, 0.15) is 18.4 Å². The first-order valence-corrected chi connectivity index (χ1v) is 7.05. The van der Waals surface area contributed by atoms with Gasteiger partial charge in [-0.25, -0.2) is 13.1 Å². The molecule has 0 aromatic heterocycles. The van der Waals surface area contributed by atoms with E-state index in [0.717, 1.165) is 22.9 Å². The van der Waals surface area contributed by atoms with Gasteiger partial charge in [0.1, 0.15) is 0 Å². The Bertz CT molecular complexity index is 480. The van der Waals surface area contributed by atoms with Crippen LogP contribution in [0.2, 0.25) is 0 Å². The fourth-order valence-corrected chi connectivity index (χ4v) is 3.41. The maximum absolute atomic E-state index is 11.9. The molecule has 15 heavy (non-hydrogen) atoms. The van der Waals surface area contributed by atoms with Gasteiger partial charge in [-0.15, -0.1) is 0 Å². The summed E-state index contributed by atoms with van der Waals surface area (Å²) in [6.07, 6.45) is 1.91. The predicted octanol–water partition coefficient (Wildman–Crippen LogP) is 2.20. The van der Waals surface area contributed by atoms with Crippen molar-refractivity contribution in [3.63, 3.8) is 0 Å². The van der Waals surface area contributed by atoms with Gasteiger partial charge in [0.05, 0.1) is 4.90 Å². The summed E-state index contributed by atoms with van der Waals surface area (Å²) in [5.41, 5.74) is 0.762. The first-order valence-electron chi connectivity index (χ1n) is 4.77. The minimum absolute atomic E-state index is 0.151. The Morgan fingerprint density at radius 1 is 1.40 bits per heavy atom. The molecule has 1 aromatic rings. The van der Waals surface area contributed by atoms with Gasteiger partial charge in [-0.05, 0) is 43.5 Å². The highest BCUT2D eigenvalue weighted by Gasteiger charge is 2.28. The Kier molecular flexibility index (Phi) is 2.87. The van der Waals surface area contributed by atoms with Gasteiger partial charge in [0.2, 0.25) is 10.0 Å². The maximum atomic E-state index is 11.9. The Balaban J connectivity index is 2.34. The normalized spacial score (nSPS) is 16.7. The quantitative estimate of drug-likeness (QED) is 0.927. The highest BCUT2D eigenvalue weighted by molar-refractivity contribution is 9.10. The van der Waals surface area contributed by atoms with Crippen LogP contribution in [0.5, 0.6) is 0 Å². The molecule has 82 valence electrons. The lowest BCUT2D eigenvalue weighted by molar-refractivity contribution is 0.580. The average molecular weight is 290 g/mol. The minimum atomic E-state index is -3.32. The van der Waals surface area contributed by atoms with Crippen molar-refractivity contribution >= 4 is 26.0 Å². The molecule has 1 saturated carbocycles. The zero-order valence-corrected chi connectivity index (χ0v) is 10.7. The Morgan fingerprint density at radius 3 is 2.60 bits per heavy atom. The Hall–Kier alpha value is -0.390. The lowest BCUT2D eigenvalue weighted by Crippen LogP contribution is -2.26. The third-order valence-electron chi connectivity index (χ3n) is 2.33. The number of aryl methyl sites for hydroxylation is 1. The van der Waals surface area contributed by atoms with E-state index < -0.39 is 10.0 Å². The molecule has 0 saturated heterocycles. The van der Waals surface area contributed by atoms with Crippen molar-refractivity contribution in [2.24, 2.45) is 0 Å². The number of benzene rings is 1. The molecule has 1 fully saturated rings. The summed E-state index contributed by atoms with van der Waals surface area (Å²) in [6, 6.07) is 5.33. The molecule has 0 atom stereocenters. The van der Waals surface area contributed by atoms with Crippen LogP contribution in [0.4, 0.5) is 0 Å². The van der Waals surface area contributed by atoms with Crippen molar-refractivity contribution in [3.05, 3.63) is 28.2 Å². The number of hydrogen-bond donors (Lipinski definition) is 1. The van der Waals surface area contributed by atoms with Crippen LogP contribution < -0.4 is 4.72 Å². The van der Waals surface area contributed by atoms with E-state index in [4.69, 9.17) is 0 Å². The maximum Gasteiger partial charge on any atom is 0.241 e. The van der Waals surface area contributed by atoms with Gasteiger partial charge in [0.15, 0.2) is 0 Å². The van der Waals surface area contributed by atoms with Gasteiger partial charge in [0.25, 0.3) is 0 Å². The lowest BCUT2D eigenvalue weighted by atomic mass is 10.2. The van der Waals surface area contributed by atoms with Gasteiger partial charge in [0, 0.05) is 10.5 Å². The van der Waals surface area contributed by atoms with Gasteiger partial charge in [-0.3, -0.25) is 0 Å². The van der Waals surface area contributed by atoms with E-state index in [1.165, 1.54) is 0 Å². The van der Waals surface area contributed by atoms with Gasteiger partial charge < -0.3 is 0 Å². The van der Waals surface area contributed by atoms with E-state index in [-0.39, 0.29) is 6.04 Å². The number of nitrogens with one attached hydrogen (secondary N) is 1. The van der Waals surface area contributed by atoms with Crippen molar-refractivity contribution in [1.29, 1.82) is 0 Å². The second-order valence-corrected chi connectivity index (χ2v) is 6.40. The zero-order chi connectivity index (χ0) is 11.1. The number of sulfonamides is 1. The fourth-order valence-electron chi connectivity index (χ4n) is 1.40. The van der Waals surface area contributed by atoms with Crippen LogP contribution in [-0.4, -0.2) is 14.5 Å². The molecule has 0 heterocycles. The largest absolute Gasteiger partial charge is 0.241 e. The summed E-state index contributed by atoms with van der Waals surface area (Å²) in [4.78, 5) is 0.373. The third kappa shape index (κ3) is 2.59. The molecule has 0 aliphatic heterocycles. The fraction of sp³-hybridized carbons (Fsp3) is 0.400. The summed E-state index contributed by atoms with van der Waals surface area (Å²) < 4.78 is 27.3. The second-order valence-electron chi connectivity index (χ2n) is 3.81. The van der Waals surface area contributed by atoms with E-state index in [0.29, 0.717) is 4.90 Å². The van der Waals surface area contributed by atoms with E-state index in [9.17, 15) is 8.42 Å². The van der Waals surface area contributed by atoms with Crippen LogP contribution in [0.25, 0.3) is 0 Å². The van der Waals surface area contributed by atoms with Crippen molar-refractivity contribution in [1.82, 2.24) is 4.72 Å². The monoisotopic (exact) mass is 289 g/mol. The van der Waals surface area contributed by atoms with Crippen molar-refractivity contribution in [2.75, 3.05) is 0 Å². The Labute approximate surface area is 98.1 Å². The topological polar surface area (TPSA) is 46.2 Å². The highest BCUT2D eigenvalue weighted by atomic mass is 79.9. The molecule has 2 rings (SSSR count). The summed E-state index contributed by atoms with van der Waals surface area (Å²) in [6.45, 7) is 1.80. The molecule has 0 radical (unpaired) electrons. The van der Waals surface area contributed by atoms with E-state index in [1.54, 1.807) is 19.1 Å². The molecular weight excluding hydrogens is 278 g/mol. The van der Waals surface area contributed by atoms with Gasteiger partial charge in [-0.2, -0.15) is 0 Å². The third-order valence-corrected chi connectivity index (χ3v) is 4.50. The predicted molar refractivity (Wildman–Crippen MR) is 62.2 cm³/mol. The molecule has 1 aliphatic rings. The molecule has 3 nitrogen and oxygen atoms in total. The van der Waals surface area contributed by atoms with Crippen LogP contribution in [0, 0.1) is 6.92 Å². The molecule has 1 aliphatic carbocycles. The molecule has 0 amide bonds. The van der Waals surface area contributed by atoms with Crippen LogP contribution in [-0.2, 0) is 10.0 Å². The molecule has 0 unspecified atom stereocenters. The van der Waals surface area contributed by atoms with Crippen LogP contribution >= 0.6 is 15.9 Å². The molecule has 0 bridgehead atoms. The number of hydrogen-bond acceptors (Lipinski definition) is 2. The van der Waals surface area contributed by atoms with Crippen molar-refractivity contribution in [3.8, 4) is 0 Å². The van der Waals surface area contributed by atoms with Crippen molar-refractivity contribution in [2.45, 2.75) is 30.7 Å². The molecule has 5 heteroatoms. The summed E-state index contributed by atoms with van der Waals surface area (Å²) in [7, 11) is -3.32. The molecule has 1 aromatic carbocycles. The summed E-state index contributed by atoms with van der Waals surface area (Å²) in [5, 5.41) is 0. The van der Waals surface area contributed by atoms with Crippen LogP contribution in [0.3, 0.4) is 0 Å².